The monoisotopic (exact) mass is 666 g/mol. The van der Waals surface area contributed by atoms with Gasteiger partial charge in [0, 0.05) is 18.4 Å². The minimum absolute atomic E-state index is 0.0726. The Morgan fingerprint density at radius 3 is 1.92 bits per heavy atom. The van der Waals surface area contributed by atoms with Gasteiger partial charge in [0.2, 0.25) is 11.8 Å². The number of hydrogen-bond acceptors (Lipinski definition) is 9. The van der Waals surface area contributed by atoms with E-state index in [-0.39, 0.29) is 19.6 Å². The van der Waals surface area contributed by atoms with E-state index in [2.05, 4.69) is 10.6 Å². The molecule has 0 aliphatic carbocycles. The number of aliphatic carboxylic acids is 2. The second-order valence-corrected chi connectivity index (χ2v) is 11.3. The lowest BCUT2D eigenvalue weighted by Crippen LogP contribution is -2.43. The summed E-state index contributed by atoms with van der Waals surface area (Å²) in [6, 6.07) is 14.5. The first-order chi connectivity index (χ1) is 22.8. The molecule has 0 aliphatic rings. The smallest absolute Gasteiger partial charge is 0.330 e. The van der Waals surface area contributed by atoms with Gasteiger partial charge in [0.1, 0.15) is 12.6 Å². The Morgan fingerprint density at radius 2 is 1.35 bits per heavy atom. The zero-order valence-corrected chi connectivity index (χ0v) is 27.1. The molecule has 0 unspecified atom stereocenters. The summed E-state index contributed by atoms with van der Waals surface area (Å²) in [7, 11) is 0. The van der Waals surface area contributed by atoms with Crippen LogP contribution < -0.4 is 10.6 Å². The van der Waals surface area contributed by atoms with Crippen LogP contribution >= 0.6 is 0 Å². The molecule has 4 atom stereocenters. The summed E-state index contributed by atoms with van der Waals surface area (Å²) in [6.45, 7) is 5.02. The van der Waals surface area contributed by atoms with E-state index in [9.17, 15) is 43.8 Å². The van der Waals surface area contributed by atoms with Crippen molar-refractivity contribution in [1.29, 1.82) is 0 Å². The Morgan fingerprint density at radius 1 is 0.750 bits per heavy atom. The summed E-state index contributed by atoms with van der Waals surface area (Å²) >= 11 is 0. The van der Waals surface area contributed by atoms with Crippen molar-refractivity contribution in [2.75, 3.05) is 6.61 Å². The number of carbonyl (C=O) groups is 7. The van der Waals surface area contributed by atoms with Crippen molar-refractivity contribution in [3.63, 3.8) is 0 Å². The lowest BCUT2D eigenvalue weighted by atomic mass is 9.86. The molecule has 0 aliphatic heterocycles. The van der Waals surface area contributed by atoms with Gasteiger partial charge in [-0.3, -0.25) is 28.8 Å². The maximum atomic E-state index is 13.8. The van der Waals surface area contributed by atoms with Gasteiger partial charge in [0.05, 0.1) is 37.8 Å². The molecule has 0 saturated carbocycles. The fraction of sp³-hybridized carbons (Fsp3) is 0.400. The first-order valence-corrected chi connectivity index (χ1v) is 15.5. The Balaban J connectivity index is 2.25. The number of esters is 2. The molecule has 0 aromatic heterocycles. The number of Topliss-reactive ketones (excluding diaryl/α,β-unsaturated/α-hetero) is 1. The van der Waals surface area contributed by atoms with Gasteiger partial charge in [-0.15, -0.1) is 0 Å². The number of carbonyl (C=O) groups excluding carboxylic acids is 5. The van der Waals surface area contributed by atoms with Crippen molar-refractivity contribution in [3.05, 3.63) is 83.9 Å². The van der Waals surface area contributed by atoms with E-state index in [0.717, 1.165) is 6.08 Å². The molecule has 0 spiro atoms. The van der Waals surface area contributed by atoms with Gasteiger partial charge in [-0.05, 0) is 24.0 Å². The predicted molar refractivity (Wildman–Crippen MR) is 172 cm³/mol. The minimum Gasteiger partial charge on any atom is -0.481 e. The number of ketones is 1. The summed E-state index contributed by atoms with van der Waals surface area (Å²) in [5, 5.41) is 23.9. The van der Waals surface area contributed by atoms with Crippen LogP contribution in [0, 0.1) is 17.8 Å². The highest BCUT2D eigenvalue weighted by atomic mass is 16.5. The van der Waals surface area contributed by atoms with Gasteiger partial charge < -0.3 is 30.3 Å². The highest BCUT2D eigenvalue weighted by molar-refractivity contribution is 5.95. The second-order valence-electron chi connectivity index (χ2n) is 11.3. The maximum absolute atomic E-state index is 13.8. The summed E-state index contributed by atoms with van der Waals surface area (Å²) in [4.78, 5) is 88.0. The number of ether oxygens (including phenoxy) is 2. The van der Waals surface area contributed by atoms with Gasteiger partial charge in [-0.1, -0.05) is 80.6 Å². The van der Waals surface area contributed by atoms with Crippen molar-refractivity contribution < 1.29 is 53.2 Å². The van der Waals surface area contributed by atoms with Crippen LogP contribution in [0.15, 0.2) is 72.8 Å². The molecule has 2 aromatic carbocycles. The summed E-state index contributed by atoms with van der Waals surface area (Å²) in [6.07, 6.45) is 0.0309. The molecular weight excluding hydrogens is 624 g/mol. The quantitative estimate of drug-likeness (QED) is 0.119. The Hall–Kier alpha value is -5.33. The molecule has 48 heavy (non-hydrogen) atoms. The summed E-state index contributed by atoms with van der Waals surface area (Å²) < 4.78 is 10.0. The average molecular weight is 667 g/mol. The van der Waals surface area contributed by atoms with E-state index in [4.69, 9.17) is 9.47 Å². The number of carboxylic acid groups (broad SMARTS) is 2. The third-order valence-electron chi connectivity index (χ3n) is 7.23. The first kappa shape index (κ1) is 38.9. The van der Waals surface area contributed by atoms with Crippen LogP contribution in [-0.2, 0) is 49.6 Å². The van der Waals surface area contributed by atoms with E-state index in [1.165, 1.54) is 6.08 Å². The average Bonchev–Trinajstić information content (AvgIpc) is 3.03. The van der Waals surface area contributed by atoms with Gasteiger partial charge in [-0.25, -0.2) is 4.79 Å². The highest BCUT2D eigenvalue weighted by Crippen LogP contribution is 2.24. The predicted octanol–water partition coefficient (Wildman–Crippen LogP) is 3.38. The summed E-state index contributed by atoms with van der Waals surface area (Å²) in [5.74, 6) is -8.95. The van der Waals surface area contributed by atoms with Crippen LogP contribution in [0.2, 0.25) is 0 Å². The molecule has 13 heteroatoms. The molecule has 0 fully saturated rings. The molecule has 0 radical (unpaired) electrons. The van der Waals surface area contributed by atoms with Crippen LogP contribution in [0.25, 0.3) is 0 Å². The van der Waals surface area contributed by atoms with Gasteiger partial charge >= 0.3 is 23.9 Å². The van der Waals surface area contributed by atoms with Crippen LogP contribution in [-0.4, -0.2) is 64.3 Å². The van der Waals surface area contributed by atoms with Gasteiger partial charge in [0.25, 0.3) is 0 Å². The molecule has 258 valence electrons. The van der Waals surface area contributed by atoms with Gasteiger partial charge in [-0.2, -0.15) is 0 Å². The molecule has 4 N–H and O–H groups in total. The van der Waals surface area contributed by atoms with E-state index in [0.29, 0.717) is 11.1 Å². The SMILES string of the molecule is CCOC(=O)/C=C/[C@H](CC(=O)O)NC(=O)[C@@H](CC(=O)[C@@H](NC(=O)[C@H](CC(=O)O)CC(=O)OCc1ccccc1)c1ccccc1)C(C)C. The highest BCUT2D eigenvalue weighted by Gasteiger charge is 2.34. The fourth-order valence-corrected chi connectivity index (χ4v) is 4.72. The number of benzene rings is 2. The normalized spacial score (nSPS) is 13.5. The molecule has 0 bridgehead atoms. The molecule has 0 heterocycles. The number of rotatable bonds is 20. The molecular formula is C35H42N2O11. The van der Waals surface area contributed by atoms with E-state index >= 15 is 0 Å². The minimum atomic E-state index is -1.36. The third kappa shape index (κ3) is 14.0. The second kappa shape index (κ2) is 20.0. The van der Waals surface area contributed by atoms with Crippen molar-refractivity contribution in [3.8, 4) is 0 Å². The fourth-order valence-electron chi connectivity index (χ4n) is 4.72. The number of amides is 2. The van der Waals surface area contributed by atoms with Crippen molar-refractivity contribution in [2.24, 2.45) is 17.8 Å². The van der Waals surface area contributed by atoms with Crippen LogP contribution in [0.3, 0.4) is 0 Å². The first-order valence-electron chi connectivity index (χ1n) is 15.5. The van der Waals surface area contributed by atoms with Crippen molar-refractivity contribution in [2.45, 2.75) is 65.1 Å². The lowest BCUT2D eigenvalue weighted by Gasteiger charge is -2.26. The van der Waals surface area contributed by atoms with Crippen LogP contribution in [0.4, 0.5) is 0 Å². The van der Waals surface area contributed by atoms with Crippen molar-refractivity contribution >= 4 is 41.5 Å². The largest absolute Gasteiger partial charge is 0.481 e. The van der Waals surface area contributed by atoms with E-state index in [1.807, 2.05) is 0 Å². The Kier molecular flexibility index (Phi) is 16.2. The Bertz CT molecular complexity index is 1440. The van der Waals surface area contributed by atoms with Gasteiger partial charge in [0.15, 0.2) is 5.78 Å². The lowest BCUT2D eigenvalue weighted by molar-refractivity contribution is -0.150. The molecule has 2 aromatic rings. The molecule has 13 nitrogen and oxygen atoms in total. The molecule has 0 saturated heterocycles. The zero-order valence-electron chi connectivity index (χ0n) is 27.1. The molecule has 2 rings (SSSR count). The standard InChI is InChI=1S/C35H42N2O11/c1-4-47-31(43)16-15-26(19-30(41)42)36-35(46)27(22(2)3)20-28(38)33(24-13-9-6-10-14-24)37-34(45)25(17-29(39)40)18-32(44)48-21-23-11-7-5-8-12-23/h5-16,22,25-27,33H,4,17-21H2,1-3H3,(H,36,46)(H,37,45)(H,39,40)(H,41,42)/b16-15+/t25-,26-,27+,33+/m1/s1. The zero-order chi connectivity index (χ0) is 35.6. The number of nitrogens with one attached hydrogen (secondary N) is 2. The third-order valence-corrected chi connectivity index (χ3v) is 7.23. The Labute approximate surface area is 278 Å². The molecule has 2 amide bonds. The van der Waals surface area contributed by atoms with Crippen LogP contribution in [0.5, 0.6) is 0 Å². The number of hydrogen-bond donors (Lipinski definition) is 4. The van der Waals surface area contributed by atoms with Crippen molar-refractivity contribution in [1.82, 2.24) is 10.6 Å². The number of carboxylic acids is 2. The van der Waals surface area contributed by atoms with E-state index in [1.54, 1.807) is 81.4 Å². The topological polar surface area (TPSA) is 202 Å². The summed E-state index contributed by atoms with van der Waals surface area (Å²) in [5.41, 5.74) is 1.06. The maximum Gasteiger partial charge on any atom is 0.330 e. The van der Waals surface area contributed by atoms with Crippen LogP contribution in [0.1, 0.15) is 63.6 Å². The van der Waals surface area contributed by atoms with E-state index < -0.39 is 90.6 Å².